The third kappa shape index (κ3) is 3.05. The van der Waals surface area contributed by atoms with E-state index in [1.165, 1.54) is 10.4 Å². The van der Waals surface area contributed by atoms with Crippen LogP contribution in [0.5, 0.6) is 0 Å². The smallest absolute Gasteiger partial charge is 0.264 e. The second-order valence-corrected chi connectivity index (χ2v) is 7.71. The van der Waals surface area contributed by atoms with Gasteiger partial charge in [0.1, 0.15) is 5.67 Å². The number of likely N-dealkylation sites (tertiary alicyclic amines) is 1. The van der Waals surface area contributed by atoms with Crippen LogP contribution in [0.4, 0.5) is 4.39 Å². The number of thiophene rings is 1. The molecule has 0 aliphatic carbocycles. The summed E-state index contributed by atoms with van der Waals surface area (Å²) in [5.74, 6) is 0.823. The number of hydrogen-bond donors (Lipinski definition) is 0. The Morgan fingerprint density at radius 3 is 2.40 bits per heavy atom. The highest BCUT2D eigenvalue weighted by atomic mass is 32.1. The molecule has 1 saturated heterocycles. The quantitative estimate of drug-likeness (QED) is 0.800. The molecule has 0 aromatic carbocycles. The molecule has 112 valence electrons. The van der Waals surface area contributed by atoms with Crippen LogP contribution in [0.2, 0.25) is 0 Å². The molecule has 0 bridgehead atoms. The first-order valence-corrected chi connectivity index (χ1v) is 8.15. The van der Waals surface area contributed by atoms with Gasteiger partial charge in [0.2, 0.25) is 0 Å². The highest BCUT2D eigenvalue weighted by Crippen LogP contribution is 2.35. The molecule has 1 aliphatic heterocycles. The van der Waals surface area contributed by atoms with E-state index in [1.54, 1.807) is 23.2 Å². The van der Waals surface area contributed by atoms with E-state index in [0.717, 1.165) is 4.88 Å². The lowest BCUT2D eigenvalue weighted by molar-refractivity contribution is 0.0765. The van der Waals surface area contributed by atoms with Crippen molar-refractivity contribution in [3.63, 3.8) is 0 Å². The molecule has 1 aromatic rings. The van der Waals surface area contributed by atoms with Crippen molar-refractivity contribution in [1.82, 2.24) is 4.90 Å². The minimum absolute atomic E-state index is 0.00910. The molecule has 1 aromatic heterocycles. The number of rotatable bonds is 3. The van der Waals surface area contributed by atoms with Crippen LogP contribution in [0.1, 0.15) is 73.0 Å². The first kappa shape index (κ1) is 15.5. The molecule has 1 aliphatic rings. The molecule has 0 saturated carbocycles. The van der Waals surface area contributed by atoms with Gasteiger partial charge < -0.3 is 4.90 Å². The minimum Gasteiger partial charge on any atom is -0.335 e. The highest BCUT2D eigenvalue weighted by molar-refractivity contribution is 7.14. The van der Waals surface area contributed by atoms with E-state index >= 15 is 0 Å². The van der Waals surface area contributed by atoms with Crippen LogP contribution < -0.4 is 0 Å². The predicted molar refractivity (Wildman–Crippen MR) is 82.5 cm³/mol. The molecule has 0 N–H and O–H groups in total. The van der Waals surface area contributed by atoms with E-state index in [9.17, 15) is 9.18 Å². The Morgan fingerprint density at radius 1 is 1.35 bits per heavy atom. The van der Waals surface area contributed by atoms with Crippen molar-refractivity contribution in [1.29, 1.82) is 0 Å². The second-order valence-electron chi connectivity index (χ2n) is 6.63. The van der Waals surface area contributed by atoms with Crippen molar-refractivity contribution < 1.29 is 9.18 Å². The Labute approximate surface area is 125 Å². The first-order valence-electron chi connectivity index (χ1n) is 7.33. The summed E-state index contributed by atoms with van der Waals surface area (Å²) in [5.41, 5.74) is 0.0323. The third-order valence-corrected chi connectivity index (χ3v) is 5.30. The van der Waals surface area contributed by atoms with Crippen LogP contribution in [0.15, 0.2) is 6.07 Å². The fourth-order valence-corrected chi connectivity index (χ4v) is 3.97. The number of amides is 1. The van der Waals surface area contributed by atoms with Crippen LogP contribution in [0.3, 0.4) is 0 Å². The van der Waals surface area contributed by atoms with Gasteiger partial charge in [-0.2, -0.15) is 0 Å². The highest BCUT2D eigenvalue weighted by Gasteiger charge is 2.36. The molecule has 2 nitrogen and oxygen atoms in total. The van der Waals surface area contributed by atoms with Crippen molar-refractivity contribution in [3.05, 3.63) is 21.4 Å². The zero-order valence-electron chi connectivity index (χ0n) is 13.0. The maximum atomic E-state index is 13.9. The third-order valence-electron chi connectivity index (χ3n) is 3.86. The number of alkyl halides is 1. The summed E-state index contributed by atoms with van der Waals surface area (Å²) in [4.78, 5) is 16.2. The normalized spacial score (nSPS) is 23.1. The van der Waals surface area contributed by atoms with Gasteiger partial charge in [0.25, 0.3) is 5.91 Å². The van der Waals surface area contributed by atoms with E-state index in [1.807, 2.05) is 6.07 Å². The zero-order valence-corrected chi connectivity index (χ0v) is 13.8. The molecule has 0 radical (unpaired) electrons. The molecule has 20 heavy (non-hydrogen) atoms. The van der Waals surface area contributed by atoms with Crippen molar-refractivity contribution in [3.8, 4) is 0 Å². The average molecular weight is 297 g/mol. The summed E-state index contributed by atoms with van der Waals surface area (Å²) in [5, 5.41) is 0. The van der Waals surface area contributed by atoms with Gasteiger partial charge in [-0.3, -0.25) is 4.79 Å². The topological polar surface area (TPSA) is 20.3 Å². The van der Waals surface area contributed by atoms with Crippen LogP contribution in [-0.4, -0.2) is 29.6 Å². The number of carbonyl (C=O) groups excluding carboxylic acids is 1. The largest absolute Gasteiger partial charge is 0.335 e. The summed E-state index contributed by atoms with van der Waals surface area (Å²) in [6, 6.07) is 2.01. The van der Waals surface area contributed by atoms with Crippen molar-refractivity contribution in [2.75, 3.05) is 13.1 Å². The van der Waals surface area contributed by atoms with E-state index in [2.05, 4.69) is 27.7 Å². The molecule has 1 fully saturated rings. The Hall–Kier alpha value is -0.900. The monoisotopic (exact) mass is 297 g/mol. The SMILES string of the molecule is CC(C)c1cc(C(=O)N2CCC(C)(F)C2)sc1C(C)C. The Kier molecular flexibility index (Phi) is 4.24. The lowest BCUT2D eigenvalue weighted by atomic mass is 9.99. The molecule has 2 rings (SSSR count). The average Bonchev–Trinajstić information content (AvgIpc) is 2.91. The maximum absolute atomic E-state index is 13.9. The van der Waals surface area contributed by atoms with E-state index < -0.39 is 5.67 Å². The van der Waals surface area contributed by atoms with Gasteiger partial charge in [-0.1, -0.05) is 27.7 Å². The molecular formula is C16H24FNOS. The van der Waals surface area contributed by atoms with E-state index in [-0.39, 0.29) is 12.5 Å². The summed E-state index contributed by atoms with van der Waals surface area (Å²) in [6.07, 6.45) is 0.443. The minimum atomic E-state index is -1.23. The number of hydrogen-bond acceptors (Lipinski definition) is 2. The van der Waals surface area contributed by atoms with Crippen molar-refractivity contribution in [2.45, 2.75) is 58.5 Å². The molecular weight excluding hydrogens is 273 g/mol. The summed E-state index contributed by atoms with van der Waals surface area (Å²) < 4.78 is 13.9. The van der Waals surface area contributed by atoms with Crippen molar-refractivity contribution in [2.24, 2.45) is 0 Å². The Bertz CT molecular complexity index is 479. The molecule has 0 spiro atoms. The molecule has 1 atom stereocenters. The summed E-state index contributed by atoms with van der Waals surface area (Å²) in [7, 11) is 0. The Balaban J connectivity index is 2.25. The van der Waals surface area contributed by atoms with E-state index in [0.29, 0.717) is 24.8 Å². The van der Waals surface area contributed by atoms with Crippen LogP contribution in [0.25, 0.3) is 0 Å². The van der Waals surface area contributed by atoms with Gasteiger partial charge >= 0.3 is 0 Å². The number of halogens is 1. The molecule has 1 amide bonds. The van der Waals surface area contributed by atoms with Crippen LogP contribution in [0, 0.1) is 0 Å². The van der Waals surface area contributed by atoms with E-state index in [4.69, 9.17) is 0 Å². The molecule has 1 unspecified atom stereocenters. The predicted octanol–water partition coefficient (Wildman–Crippen LogP) is 4.57. The van der Waals surface area contributed by atoms with Gasteiger partial charge in [0.05, 0.1) is 11.4 Å². The van der Waals surface area contributed by atoms with Crippen LogP contribution in [-0.2, 0) is 0 Å². The lowest BCUT2D eigenvalue weighted by Gasteiger charge is -2.16. The van der Waals surface area contributed by atoms with Gasteiger partial charge in [-0.15, -0.1) is 11.3 Å². The van der Waals surface area contributed by atoms with Gasteiger partial charge in [0, 0.05) is 17.8 Å². The fraction of sp³-hybridized carbons (Fsp3) is 0.688. The zero-order chi connectivity index (χ0) is 15.1. The van der Waals surface area contributed by atoms with Gasteiger partial charge in [0.15, 0.2) is 0 Å². The van der Waals surface area contributed by atoms with Crippen LogP contribution >= 0.6 is 11.3 Å². The molecule has 2 heterocycles. The first-order chi connectivity index (χ1) is 9.21. The van der Waals surface area contributed by atoms with Gasteiger partial charge in [-0.25, -0.2) is 4.39 Å². The second kappa shape index (κ2) is 5.47. The molecule has 4 heteroatoms. The van der Waals surface area contributed by atoms with Crippen molar-refractivity contribution >= 4 is 17.2 Å². The number of carbonyl (C=O) groups is 1. The lowest BCUT2D eigenvalue weighted by Crippen LogP contribution is -2.31. The standard InChI is InChI=1S/C16H24FNOS/c1-10(2)12-8-13(20-14(12)11(3)4)15(19)18-7-6-16(5,17)9-18/h8,10-11H,6-7,9H2,1-5H3. The van der Waals surface area contributed by atoms with Gasteiger partial charge in [-0.05, 0) is 30.4 Å². The Morgan fingerprint density at radius 2 is 2.00 bits per heavy atom. The maximum Gasteiger partial charge on any atom is 0.264 e. The fourth-order valence-electron chi connectivity index (χ4n) is 2.68. The summed E-state index contributed by atoms with van der Waals surface area (Å²) in [6.45, 7) is 10.9. The summed E-state index contributed by atoms with van der Waals surface area (Å²) >= 11 is 1.58. The number of nitrogens with zero attached hydrogens (tertiary/aromatic N) is 1.